The summed E-state index contributed by atoms with van der Waals surface area (Å²) in [4.78, 5) is 26.8. The van der Waals surface area contributed by atoms with Gasteiger partial charge in [0.1, 0.15) is 0 Å². The highest BCUT2D eigenvalue weighted by Crippen LogP contribution is 2.15. The first-order chi connectivity index (χ1) is 8.06. The van der Waals surface area contributed by atoms with Gasteiger partial charge in [-0.2, -0.15) is 0 Å². The Labute approximate surface area is 102 Å². The van der Waals surface area contributed by atoms with E-state index in [4.69, 9.17) is 5.73 Å². The summed E-state index contributed by atoms with van der Waals surface area (Å²) in [5, 5.41) is 2.48. The van der Waals surface area contributed by atoms with Crippen LogP contribution in [0.25, 0.3) is 0 Å². The van der Waals surface area contributed by atoms with Gasteiger partial charge in [-0.25, -0.2) is 0 Å². The normalized spacial score (nSPS) is 20.3. The predicted molar refractivity (Wildman–Crippen MR) is 65.4 cm³/mol. The molecule has 1 fully saturated rings. The summed E-state index contributed by atoms with van der Waals surface area (Å²) in [6.07, 6.45) is 2.24. The molecule has 6 heteroatoms. The third kappa shape index (κ3) is 3.98. The smallest absolute Gasteiger partial charge is 0.311 e. The lowest BCUT2D eigenvalue weighted by Gasteiger charge is -2.25. The molecule has 0 bridgehead atoms. The van der Waals surface area contributed by atoms with Crippen molar-refractivity contribution in [2.45, 2.75) is 18.9 Å². The maximum Gasteiger partial charge on any atom is 0.311 e. The van der Waals surface area contributed by atoms with E-state index in [9.17, 15) is 9.59 Å². The maximum atomic E-state index is 11.7. The van der Waals surface area contributed by atoms with Gasteiger partial charge in [0, 0.05) is 32.7 Å². The minimum Gasteiger partial charge on any atom is -0.347 e. The molecule has 1 aliphatic rings. The van der Waals surface area contributed by atoms with Crippen molar-refractivity contribution >= 4 is 11.8 Å². The van der Waals surface area contributed by atoms with Crippen LogP contribution in [0.1, 0.15) is 12.8 Å². The van der Waals surface area contributed by atoms with Gasteiger partial charge < -0.3 is 20.9 Å². The van der Waals surface area contributed by atoms with Crippen molar-refractivity contribution in [1.82, 2.24) is 15.1 Å². The first-order valence-electron chi connectivity index (χ1n) is 6.00. The third-order valence-electron chi connectivity index (χ3n) is 3.13. The zero-order valence-corrected chi connectivity index (χ0v) is 10.6. The Morgan fingerprint density at radius 1 is 1.53 bits per heavy atom. The van der Waals surface area contributed by atoms with Gasteiger partial charge in [0.25, 0.3) is 0 Å². The standard InChI is InChI=1S/C11H22N4O2/c1-14-7-3-4-9(14)8-15(2)11(17)10(16)13-6-5-12/h9H,3-8,12H2,1-2H3,(H,13,16). The zero-order valence-electron chi connectivity index (χ0n) is 10.6. The fourth-order valence-corrected chi connectivity index (χ4v) is 2.04. The van der Waals surface area contributed by atoms with Crippen LogP contribution in [0.15, 0.2) is 0 Å². The molecule has 17 heavy (non-hydrogen) atoms. The Balaban J connectivity index is 2.38. The molecule has 0 aromatic rings. The van der Waals surface area contributed by atoms with Gasteiger partial charge in [-0.15, -0.1) is 0 Å². The fourth-order valence-electron chi connectivity index (χ4n) is 2.04. The molecule has 6 nitrogen and oxygen atoms in total. The van der Waals surface area contributed by atoms with Gasteiger partial charge in [0.15, 0.2) is 0 Å². The SMILES string of the molecule is CN(CC1CCCN1C)C(=O)C(=O)NCCN. The minimum atomic E-state index is -0.571. The molecule has 1 rings (SSSR count). The van der Waals surface area contributed by atoms with E-state index in [0.29, 0.717) is 25.7 Å². The number of hydrogen-bond donors (Lipinski definition) is 2. The number of likely N-dealkylation sites (tertiary alicyclic amines) is 1. The van der Waals surface area contributed by atoms with Gasteiger partial charge in [-0.05, 0) is 26.4 Å². The number of nitrogens with one attached hydrogen (secondary N) is 1. The highest BCUT2D eigenvalue weighted by molar-refractivity contribution is 6.34. The van der Waals surface area contributed by atoms with Gasteiger partial charge in [0.2, 0.25) is 0 Å². The van der Waals surface area contributed by atoms with Crippen molar-refractivity contribution in [2.24, 2.45) is 5.73 Å². The third-order valence-corrected chi connectivity index (χ3v) is 3.13. The molecule has 0 spiro atoms. The van der Waals surface area contributed by atoms with Crippen LogP contribution in [-0.2, 0) is 9.59 Å². The van der Waals surface area contributed by atoms with Crippen molar-refractivity contribution in [3.63, 3.8) is 0 Å². The number of hydrogen-bond acceptors (Lipinski definition) is 4. The summed E-state index contributed by atoms with van der Waals surface area (Å²) >= 11 is 0. The van der Waals surface area contributed by atoms with Crippen LogP contribution >= 0.6 is 0 Å². The molecular formula is C11H22N4O2. The lowest BCUT2D eigenvalue weighted by Crippen LogP contribution is -2.46. The lowest BCUT2D eigenvalue weighted by atomic mass is 10.2. The van der Waals surface area contributed by atoms with Gasteiger partial charge in [-0.3, -0.25) is 9.59 Å². The van der Waals surface area contributed by atoms with Crippen LogP contribution in [0, 0.1) is 0 Å². The summed E-state index contributed by atoms with van der Waals surface area (Å²) in [5.41, 5.74) is 5.26. The molecule has 2 amide bonds. The number of rotatable bonds is 4. The Morgan fingerprint density at radius 2 is 2.24 bits per heavy atom. The summed E-state index contributed by atoms with van der Waals surface area (Å²) in [6, 6.07) is 0.367. The van der Waals surface area contributed by atoms with E-state index < -0.39 is 11.8 Å². The van der Waals surface area contributed by atoms with Crippen LogP contribution in [-0.4, -0.2) is 67.9 Å². The van der Waals surface area contributed by atoms with E-state index in [0.717, 1.165) is 19.4 Å². The molecule has 0 saturated carbocycles. The Morgan fingerprint density at radius 3 is 2.76 bits per heavy atom. The van der Waals surface area contributed by atoms with Crippen molar-refractivity contribution in [1.29, 1.82) is 0 Å². The molecular weight excluding hydrogens is 220 g/mol. The van der Waals surface area contributed by atoms with Gasteiger partial charge >= 0.3 is 11.8 Å². The number of carbonyl (C=O) groups excluding carboxylic acids is 2. The molecule has 0 aromatic carbocycles. The first kappa shape index (κ1) is 13.9. The maximum absolute atomic E-state index is 11.7. The van der Waals surface area contributed by atoms with Gasteiger partial charge in [0.05, 0.1) is 0 Å². The predicted octanol–water partition coefficient (Wildman–Crippen LogP) is -1.39. The van der Waals surface area contributed by atoms with E-state index >= 15 is 0 Å². The molecule has 1 heterocycles. The monoisotopic (exact) mass is 242 g/mol. The van der Waals surface area contributed by atoms with E-state index in [2.05, 4.69) is 10.2 Å². The van der Waals surface area contributed by atoms with Crippen molar-refractivity contribution in [2.75, 3.05) is 40.3 Å². The van der Waals surface area contributed by atoms with Crippen LogP contribution in [0.5, 0.6) is 0 Å². The second-order valence-corrected chi connectivity index (χ2v) is 4.51. The second kappa shape index (κ2) is 6.56. The lowest BCUT2D eigenvalue weighted by molar-refractivity contribution is -0.145. The van der Waals surface area contributed by atoms with Crippen LogP contribution < -0.4 is 11.1 Å². The number of nitrogens with zero attached hydrogens (tertiary/aromatic N) is 2. The molecule has 1 saturated heterocycles. The average molecular weight is 242 g/mol. The molecule has 1 aliphatic heterocycles. The van der Waals surface area contributed by atoms with E-state index in [-0.39, 0.29) is 0 Å². The number of likely N-dealkylation sites (N-methyl/N-ethyl adjacent to an activating group) is 2. The van der Waals surface area contributed by atoms with Crippen molar-refractivity contribution < 1.29 is 9.59 Å². The molecule has 1 unspecified atom stereocenters. The number of carbonyl (C=O) groups is 2. The minimum absolute atomic E-state index is 0.335. The van der Waals surface area contributed by atoms with E-state index in [1.54, 1.807) is 7.05 Å². The molecule has 3 N–H and O–H groups in total. The Kier molecular flexibility index (Phi) is 5.37. The number of nitrogens with two attached hydrogens (primary N) is 1. The van der Waals surface area contributed by atoms with Crippen molar-refractivity contribution in [3.05, 3.63) is 0 Å². The topological polar surface area (TPSA) is 78.7 Å². The molecule has 1 atom stereocenters. The Hall–Kier alpha value is -1.14. The average Bonchev–Trinajstić information content (AvgIpc) is 2.70. The summed E-state index contributed by atoms with van der Waals surface area (Å²) in [7, 11) is 3.71. The summed E-state index contributed by atoms with van der Waals surface area (Å²) < 4.78 is 0. The Bertz CT molecular complexity index is 283. The summed E-state index contributed by atoms with van der Waals surface area (Å²) in [5.74, 6) is -1.06. The van der Waals surface area contributed by atoms with E-state index in [1.165, 1.54) is 4.90 Å². The van der Waals surface area contributed by atoms with Crippen LogP contribution in [0.3, 0.4) is 0 Å². The highest BCUT2D eigenvalue weighted by Gasteiger charge is 2.26. The quantitative estimate of drug-likeness (QED) is 0.595. The molecule has 0 aromatic heterocycles. The summed E-state index contributed by atoms with van der Waals surface area (Å²) in [6.45, 7) is 2.34. The largest absolute Gasteiger partial charge is 0.347 e. The zero-order chi connectivity index (χ0) is 12.8. The van der Waals surface area contributed by atoms with Crippen LogP contribution in [0.2, 0.25) is 0 Å². The second-order valence-electron chi connectivity index (χ2n) is 4.51. The molecule has 0 radical (unpaired) electrons. The first-order valence-corrected chi connectivity index (χ1v) is 6.00. The van der Waals surface area contributed by atoms with Gasteiger partial charge in [-0.1, -0.05) is 0 Å². The molecule has 98 valence electrons. The molecule has 0 aliphatic carbocycles. The number of amides is 2. The van der Waals surface area contributed by atoms with Crippen LogP contribution in [0.4, 0.5) is 0 Å². The van der Waals surface area contributed by atoms with E-state index in [1.807, 2.05) is 7.05 Å². The van der Waals surface area contributed by atoms with Crippen molar-refractivity contribution in [3.8, 4) is 0 Å². The fraction of sp³-hybridized carbons (Fsp3) is 0.818. The highest BCUT2D eigenvalue weighted by atomic mass is 16.2.